The lowest BCUT2D eigenvalue weighted by molar-refractivity contribution is 0.200. The monoisotopic (exact) mass is 206 g/mol. The molecule has 0 spiro atoms. The summed E-state index contributed by atoms with van der Waals surface area (Å²) in [5.74, 6) is 0. The number of benzene rings is 1. The summed E-state index contributed by atoms with van der Waals surface area (Å²) < 4.78 is 5.53. The highest BCUT2D eigenvalue weighted by atomic mass is 16.4. The van der Waals surface area contributed by atoms with Crippen LogP contribution in [0.3, 0.4) is 0 Å². The smallest absolute Gasteiger partial charge is 0.298 e. The Morgan fingerprint density at radius 2 is 2.20 bits per heavy atom. The van der Waals surface area contributed by atoms with Crippen molar-refractivity contribution in [2.45, 2.75) is 13.0 Å². The van der Waals surface area contributed by atoms with Gasteiger partial charge in [-0.25, -0.2) is 0 Å². The number of aliphatic hydroxyl groups is 1. The molecule has 80 valence electrons. The van der Waals surface area contributed by atoms with E-state index < -0.39 is 6.10 Å². The van der Waals surface area contributed by atoms with Crippen molar-refractivity contribution in [1.29, 1.82) is 0 Å². The van der Waals surface area contributed by atoms with E-state index in [1.54, 1.807) is 11.8 Å². The minimum Gasteiger partial charge on any atom is -0.423 e. The summed E-state index contributed by atoms with van der Waals surface area (Å²) >= 11 is 0. The number of fused-ring (bicyclic) bond motifs is 1. The molecule has 0 aliphatic rings. The van der Waals surface area contributed by atoms with Crippen LogP contribution in [0.5, 0.6) is 0 Å². The van der Waals surface area contributed by atoms with E-state index in [9.17, 15) is 5.11 Å². The lowest BCUT2D eigenvalue weighted by Gasteiger charge is -2.15. The number of anilines is 1. The molecule has 0 saturated heterocycles. The Balaban J connectivity index is 2.28. The molecule has 1 aromatic heterocycles. The maximum absolute atomic E-state index is 9.25. The van der Waals surface area contributed by atoms with Crippen molar-refractivity contribution in [3.8, 4) is 0 Å². The molecule has 0 aliphatic heterocycles. The van der Waals surface area contributed by atoms with E-state index in [0.717, 1.165) is 11.1 Å². The molecule has 0 fully saturated rings. The SMILES string of the molecule is CC(O)CN(C)c1nc2ccccc2o1. The van der Waals surface area contributed by atoms with Gasteiger partial charge in [-0.1, -0.05) is 12.1 Å². The van der Waals surface area contributed by atoms with Crippen LogP contribution in [0.2, 0.25) is 0 Å². The average Bonchev–Trinajstić information content (AvgIpc) is 2.59. The third-order valence-corrected chi connectivity index (χ3v) is 2.15. The van der Waals surface area contributed by atoms with Crippen molar-refractivity contribution in [3.05, 3.63) is 24.3 Å². The van der Waals surface area contributed by atoms with Crippen molar-refractivity contribution < 1.29 is 9.52 Å². The van der Waals surface area contributed by atoms with Gasteiger partial charge in [0.05, 0.1) is 6.10 Å². The fourth-order valence-electron chi connectivity index (χ4n) is 1.50. The first-order chi connectivity index (χ1) is 7.16. The molecule has 0 radical (unpaired) electrons. The predicted molar refractivity (Wildman–Crippen MR) is 59.0 cm³/mol. The zero-order chi connectivity index (χ0) is 10.8. The Labute approximate surface area is 88.1 Å². The van der Waals surface area contributed by atoms with Crippen LogP contribution >= 0.6 is 0 Å². The molecule has 1 unspecified atom stereocenters. The first-order valence-corrected chi connectivity index (χ1v) is 4.91. The van der Waals surface area contributed by atoms with Crippen LogP contribution < -0.4 is 4.90 Å². The molecule has 0 aliphatic carbocycles. The maximum atomic E-state index is 9.25. The van der Waals surface area contributed by atoms with Gasteiger partial charge < -0.3 is 14.4 Å². The van der Waals surface area contributed by atoms with Gasteiger partial charge in [-0.3, -0.25) is 0 Å². The van der Waals surface area contributed by atoms with Gasteiger partial charge in [-0.15, -0.1) is 0 Å². The lowest BCUT2D eigenvalue weighted by Crippen LogP contribution is -2.26. The standard InChI is InChI=1S/C11H14N2O2/c1-8(14)7-13(2)11-12-9-5-3-4-6-10(9)15-11/h3-6,8,14H,7H2,1-2H3. The normalized spacial score (nSPS) is 13.0. The second-order valence-electron chi connectivity index (χ2n) is 3.69. The summed E-state index contributed by atoms with van der Waals surface area (Å²) in [6.07, 6.45) is -0.398. The molecule has 1 atom stereocenters. The summed E-state index contributed by atoms with van der Waals surface area (Å²) in [7, 11) is 1.84. The highest BCUT2D eigenvalue weighted by molar-refractivity contribution is 5.74. The highest BCUT2D eigenvalue weighted by Crippen LogP contribution is 2.20. The Bertz CT molecular complexity index is 418. The minimum atomic E-state index is -0.398. The van der Waals surface area contributed by atoms with Crippen LogP contribution in [0, 0.1) is 0 Å². The van der Waals surface area contributed by atoms with Gasteiger partial charge in [0.2, 0.25) is 0 Å². The second kappa shape index (κ2) is 3.90. The third kappa shape index (κ3) is 2.10. The van der Waals surface area contributed by atoms with Crippen LogP contribution in [0.1, 0.15) is 6.92 Å². The fraction of sp³-hybridized carbons (Fsp3) is 0.364. The van der Waals surface area contributed by atoms with E-state index in [0.29, 0.717) is 12.6 Å². The Hall–Kier alpha value is -1.55. The molecule has 15 heavy (non-hydrogen) atoms. The van der Waals surface area contributed by atoms with E-state index in [-0.39, 0.29) is 0 Å². The van der Waals surface area contributed by atoms with Crippen molar-refractivity contribution in [3.63, 3.8) is 0 Å². The van der Waals surface area contributed by atoms with Crippen LogP contribution in [0.4, 0.5) is 6.01 Å². The molecule has 2 rings (SSSR count). The van der Waals surface area contributed by atoms with E-state index in [4.69, 9.17) is 4.42 Å². The third-order valence-electron chi connectivity index (χ3n) is 2.15. The topological polar surface area (TPSA) is 49.5 Å². The van der Waals surface area contributed by atoms with Gasteiger partial charge in [0.25, 0.3) is 6.01 Å². The molecule has 2 aromatic rings. The number of nitrogens with zero attached hydrogens (tertiary/aromatic N) is 2. The summed E-state index contributed by atoms with van der Waals surface area (Å²) in [4.78, 5) is 6.11. The quantitative estimate of drug-likeness (QED) is 0.829. The first kappa shape index (κ1) is 9.98. The number of likely N-dealkylation sites (N-methyl/N-ethyl adjacent to an activating group) is 1. The summed E-state index contributed by atoms with van der Waals surface area (Å²) in [5, 5.41) is 9.25. The van der Waals surface area contributed by atoms with Crippen molar-refractivity contribution >= 4 is 17.1 Å². The average molecular weight is 206 g/mol. The largest absolute Gasteiger partial charge is 0.423 e. The van der Waals surface area contributed by atoms with Crippen molar-refractivity contribution in [1.82, 2.24) is 4.98 Å². The molecule has 1 aromatic carbocycles. The molecule has 0 saturated carbocycles. The second-order valence-corrected chi connectivity index (χ2v) is 3.69. The Morgan fingerprint density at radius 3 is 2.87 bits per heavy atom. The molecular formula is C11H14N2O2. The molecule has 0 amide bonds. The molecule has 4 nitrogen and oxygen atoms in total. The lowest BCUT2D eigenvalue weighted by atomic mass is 10.3. The number of hydrogen-bond donors (Lipinski definition) is 1. The van der Waals surface area contributed by atoms with Crippen molar-refractivity contribution in [2.75, 3.05) is 18.5 Å². The highest BCUT2D eigenvalue weighted by Gasteiger charge is 2.11. The molecule has 1 heterocycles. The van der Waals surface area contributed by atoms with Gasteiger partial charge in [0.1, 0.15) is 5.52 Å². The maximum Gasteiger partial charge on any atom is 0.298 e. The molecular weight excluding hydrogens is 192 g/mol. The fourth-order valence-corrected chi connectivity index (χ4v) is 1.50. The van der Waals surface area contributed by atoms with Crippen LogP contribution in [-0.2, 0) is 0 Å². The van der Waals surface area contributed by atoms with E-state index in [2.05, 4.69) is 4.98 Å². The van der Waals surface area contributed by atoms with Crippen LogP contribution in [0.15, 0.2) is 28.7 Å². The number of oxazole rings is 1. The van der Waals surface area contributed by atoms with Crippen molar-refractivity contribution in [2.24, 2.45) is 0 Å². The Morgan fingerprint density at radius 1 is 1.47 bits per heavy atom. The van der Waals surface area contributed by atoms with Gasteiger partial charge >= 0.3 is 0 Å². The summed E-state index contributed by atoms with van der Waals surface area (Å²) in [6.45, 7) is 2.24. The predicted octanol–water partition coefficient (Wildman–Crippen LogP) is 1.64. The van der Waals surface area contributed by atoms with E-state index >= 15 is 0 Å². The van der Waals surface area contributed by atoms with Gasteiger partial charge in [0.15, 0.2) is 5.58 Å². The number of rotatable bonds is 3. The van der Waals surface area contributed by atoms with Crippen LogP contribution in [0.25, 0.3) is 11.1 Å². The zero-order valence-electron chi connectivity index (χ0n) is 8.84. The van der Waals surface area contributed by atoms with E-state index in [1.807, 2.05) is 31.3 Å². The summed E-state index contributed by atoms with van der Waals surface area (Å²) in [6, 6.07) is 8.15. The number of para-hydroxylation sites is 2. The van der Waals surface area contributed by atoms with Gasteiger partial charge in [0, 0.05) is 13.6 Å². The minimum absolute atomic E-state index is 0.398. The molecule has 0 bridgehead atoms. The molecule has 1 N–H and O–H groups in total. The summed E-state index contributed by atoms with van der Waals surface area (Å²) in [5.41, 5.74) is 1.61. The van der Waals surface area contributed by atoms with Crippen LogP contribution in [-0.4, -0.2) is 29.8 Å². The van der Waals surface area contributed by atoms with E-state index in [1.165, 1.54) is 0 Å². The van der Waals surface area contributed by atoms with Gasteiger partial charge in [-0.2, -0.15) is 4.98 Å². The van der Waals surface area contributed by atoms with Gasteiger partial charge in [-0.05, 0) is 19.1 Å². The zero-order valence-corrected chi connectivity index (χ0v) is 8.84. The number of aromatic nitrogens is 1. The Kier molecular flexibility index (Phi) is 2.60. The number of aliphatic hydroxyl groups excluding tert-OH is 1. The number of hydrogen-bond acceptors (Lipinski definition) is 4. The molecule has 4 heteroatoms. The first-order valence-electron chi connectivity index (χ1n) is 4.91.